The topological polar surface area (TPSA) is 134 Å². The number of hydrogen-bond donors (Lipinski definition) is 2. The van der Waals surface area contributed by atoms with Crippen LogP contribution >= 0.6 is 0 Å². The number of nitrogens with zero attached hydrogens (tertiary/aromatic N) is 1. The van der Waals surface area contributed by atoms with E-state index in [0.29, 0.717) is 24.5 Å². The molecule has 2 aromatic rings. The van der Waals surface area contributed by atoms with Crippen molar-refractivity contribution in [1.82, 2.24) is 0 Å². The SMILES string of the molecule is COc1ccc(CCNc2ccc(S(N)(=O)=O)cc2[N+](=O)[O-])cc1OC. The van der Waals surface area contributed by atoms with Crippen molar-refractivity contribution in [3.63, 3.8) is 0 Å². The first-order valence-corrected chi connectivity index (χ1v) is 9.07. The van der Waals surface area contributed by atoms with Gasteiger partial charge in [0.25, 0.3) is 5.69 Å². The van der Waals surface area contributed by atoms with Gasteiger partial charge in [-0.05, 0) is 36.2 Å². The Morgan fingerprint density at radius 2 is 1.81 bits per heavy atom. The van der Waals surface area contributed by atoms with Gasteiger partial charge < -0.3 is 14.8 Å². The van der Waals surface area contributed by atoms with Gasteiger partial charge in [-0.15, -0.1) is 0 Å². The number of benzene rings is 2. The van der Waals surface area contributed by atoms with Crippen molar-refractivity contribution < 1.29 is 22.8 Å². The molecule has 0 saturated carbocycles. The molecule has 0 atom stereocenters. The summed E-state index contributed by atoms with van der Waals surface area (Å²) >= 11 is 0. The predicted octanol–water partition coefficient (Wildman–Crippen LogP) is 1.91. The molecule has 3 N–H and O–H groups in total. The zero-order valence-corrected chi connectivity index (χ0v) is 15.1. The summed E-state index contributed by atoms with van der Waals surface area (Å²) in [5.74, 6) is 1.20. The van der Waals surface area contributed by atoms with E-state index >= 15 is 0 Å². The third-order valence-corrected chi connectivity index (χ3v) is 4.58. The second-order valence-electron chi connectivity index (χ2n) is 5.35. The van der Waals surface area contributed by atoms with Gasteiger partial charge in [0.2, 0.25) is 10.0 Å². The number of nitrogens with two attached hydrogens (primary N) is 1. The van der Waals surface area contributed by atoms with Crippen LogP contribution in [0.5, 0.6) is 11.5 Å². The summed E-state index contributed by atoms with van der Waals surface area (Å²) in [5, 5.41) is 19.1. The molecule has 0 saturated heterocycles. The third kappa shape index (κ3) is 4.61. The first-order valence-electron chi connectivity index (χ1n) is 7.52. The molecule has 0 aromatic heterocycles. The molecular formula is C16H19N3O6S. The Balaban J connectivity index is 2.13. The maximum atomic E-state index is 11.3. The quantitative estimate of drug-likeness (QED) is 0.527. The molecule has 140 valence electrons. The number of ether oxygens (including phenoxy) is 2. The van der Waals surface area contributed by atoms with E-state index in [-0.39, 0.29) is 16.3 Å². The Hall–Kier alpha value is -2.85. The number of anilines is 1. The normalized spacial score (nSPS) is 11.0. The summed E-state index contributed by atoms with van der Waals surface area (Å²) in [4.78, 5) is 10.2. The highest BCUT2D eigenvalue weighted by Crippen LogP contribution is 2.29. The molecule has 2 aromatic carbocycles. The molecule has 0 fully saturated rings. The average Bonchev–Trinajstić information content (AvgIpc) is 2.60. The van der Waals surface area contributed by atoms with Crippen molar-refractivity contribution in [2.45, 2.75) is 11.3 Å². The van der Waals surface area contributed by atoms with E-state index in [1.165, 1.54) is 19.2 Å². The summed E-state index contributed by atoms with van der Waals surface area (Å²) in [6.45, 7) is 0.394. The van der Waals surface area contributed by atoms with Crippen LogP contribution < -0.4 is 19.9 Å². The van der Waals surface area contributed by atoms with Crippen LogP contribution in [0.15, 0.2) is 41.3 Å². The second kappa shape index (κ2) is 8.02. The van der Waals surface area contributed by atoms with Crippen molar-refractivity contribution in [3.8, 4) is 11.5 Å². The van der Waals surface area contributed by atoms with E-state index in [0.717, 1.165) is 11.6 Å². The van der Waals surface area contributed by atoms with Gasteiger partial charge in [-0.1, -0.05) is 6.07 Å². The fourth-order valence-corrected chi connectivity index (χ4v) is 2.90. The summed E-state index contributed by atoms with van der Waals surface area (Å²) in [6, 6.07) is 8.94. The molecule has 0 bridgehead atoms. The second-order valence-corrected chi connectivity index (χ2v) is 6.91. The molecule has 10 heteroatoms. The van der Waals surface area contributed by atoms with Crippen LogP contribution in [0.2, 0.25) is 0 Å². The molecule has 0 amide bonds. The number of hydrogen-bond acceptors (Lipinski definition) is 7. The van der Waals surface area contributed by atoms with Crippen molar-refractivity contribution in [1.29, 1.82) is 0 Å². The first-order chi connectivity index (χ1) is 12.3. The zero-order chi connectivity index (χ0) is 19.3. The summed E-state index contributed by atoms with van der Waals surface area (Å²) in [5.41, 5.74) is 0.797. The minimum absolute atomic E-state index is 0.211. The smallest absolute Gasteiger partial charge is 0.293 e. The van der Waals surface area contributed by atoms with E-state index in [4.69, 9.17) is 14.6 Å². The Bertz CT molecular complexity index is 914. The van der Waals surface area contributed by atoms with E-state index in [9.17, 15) is 18.5 Å². The predicted molar refractivity (Wildman–Crippen MR) is 96.2 cm³/mol. The highest BCUT2D eigenvalue weighted by molar-refractivity contribution is 7.89. The maximum Gasteiger partial charge on any atom is 0.293 e. The summed E-state index contributed by atoms with van der Waals surface area (Å²) in [7, 11) is -0.928. The fourth-order valence-electron chi connectivity index (χ4n) is 2.37. The molecule has 0 aliphatic carbocycles. The third-order valence-electron chi connectivity index (χ3n) is 3.67. The van der Waals surface area contributed by atoms with Crippen molar-refractivity contribution in [2.75, 3.05) is 26.1 Å². The number of nitro benzene ring substituents is 1. The van der Waals surface area contributed by atoms with Crippen LogP contribution in [0.3, 0.4) is 0 Å². The monoisotopic (exact) mass is 381 g/mol. The average molecular weight is 381 g/mol. The minimum Gasteiger partial charge on any atom is -0.493 e. The molecular weight excluding hydrogens is 362 g/mol. The van der Waals surface area contributed by atoms with E-state index in [1.807, 2.05) is 12.1 Å². The van der Waals surface area contributed by atoms with Gasteiger partial charge in [-0.25, -0.2) is 13.6 Å². The Kier molecular flexibility index (Phi) is 6.01. The molecule has 9 nitrogen and oxygen atoms in total. The van der Waals surface area contributed by atoms with Gasteiger partial charge >= 0.3 is 0 Å². The number of rotatable bonds is 8. The number of sulfonamides is 1. The van der Waals surface area contributed by atoms with Gasteiger partial charge in [0, 0.05) is 12.6 Å². The van der Waals surface area contributed by atoms with Crippen LogP contribution in [-0.4, -0.2) is 34.1 Å². The molecule has 0 unspecified atom stereocenters. The Labute approximate surface area is 150 Å². The van der Waals surface area contributed by atoms with E-state index in [2.05, 4.69) is 5.32 Å². The van der Waals surface area contributed by atoms with Crippen molar-refractivity contribution >= 4 is 21.4 Å². The number of nitrogens with one attached hydrogen (secondary N) is 1. The Morgan fingerprint density at radius 3 is 2.38 bits per heavy atom. The fraction of sp³-hybridized carbons (Fsp3) is 0.250. The van der Waals surface area contributed by atoms with E-state index < -0.39 is 14.9 Å². The largest absolute Gasteiger partial charge is 0.493 e. The molecule has 0 radical (unpaired) electrons. The molecule has 0 aliphatic rings. The number of primary sulfonamides is 1. The lowest BCUT2D eigenvalue weighted by molar-refractivity contribution is -0.384. The van der Waals surface area contributed by atoms with Crippen LogP contribution in [0.25, 0.3) is 0 Å². The maximum absolute atomic E-state index is 11.3. The standard InChI is InChI=1S/C16H19N3O6S/c1-24-15-6-3-11(9-16(15)25-2)7-8-18-13-5-4-12(26(17,22)23)10-14(13)19(20)21/h3-6,9-10,18H,7-8H2,1-2H3,(H2,17,22,23). The molecule has 0 spiro atoms. The van der Waals surface area contributed by atoms with Crippen LogP contribution in [0.1, 0.15) is 5.56 Å². The van der Waals surface area contributed by atoms with Crippen LogP contribution in [-0.2, 0) is 16.4 Å². The van der Waals surface area contributed by atoms with Crippen LogP contribution in [0, 0.1) is 10.1 Å². The summed E-state index contributed by atoms with van der Waals surface area (Å²) in [6.07, 6.45) is 0.564. The zero-order valence-electron chi connectivity index (χ0n) is 14.3. The van der Waals surface area contributed by atoms with Gasteiger partial charge in [0.15, 0.2) is 11.5 Å². The summed E-state index contributed by atoms with van der Waals surface area (Å²) < 4.78 is 33.1. The van der Waals surface area contributed by atoms with Crippen LogP contribution in [0.4, 0.5) is 11.4 Å². The highest BCUT2D eigenvalue weighted by Gasteiger charge is 2.18. The molecule has 0 aliphatic heterocycles. The van der Waals surface area contributed by atoms with Crippen molar-refractivity contribution in [2.24, 2.45) is 5.14 Å². The molecule has 26 heavy (non-hydrogen) atoms. The van der Waals surface area contributed by atoms with Gasteiger partial charge in [-0.3, -0.25) is 10.1 Å². The number of methoxy groups -OCH3 is 2. The number of nitro groups is 1. The molecule has 0 heterocycles. The first kappa shape index (κ1) is 19.5. The lowest BCUT2D eigenvalue weighted by atomic mass is 10.1. The lowest BCUT2D eigenvalue weighted by Crippen LogP contribution is -2.13. The molecule has 2 rings (SSSR count). The van der Waals surface area contributed by atoms with Gasteiger partial charge in [0.1, 0.15) is 5.69 Å². The van der Waals surface area contributed by atoms with E-state index in [1.54, 1.807) is 13.2 Å². The van der Waals surface area contributed by atoms with Gasteiger partial charge in [0.05, 0.1) is 24.0 Å². The minimum atomic E-state index is -4.01. The van der Waals surface area contributed by atoms with Crippen molar-refractivity contribution in [3.05, 3.63) is 52.1 Å². The van der Waals surface area contributed by atoms with Gasteiger partial charge in [-0.2, -0.15) is 0 Å². The Morgan fingerprint density at radius 1 is 1.12 bits per heavy atom. The lowest BCUT2D eigenvalue weighted by Gasteiger charge is -2.11. The highest BCUT2D eigenvalue weighted by atomic mass is 32.2.